The van der Waals surface area contributed by atoms with E-state index in [0.29, 0.717) is 5.69 Å². The van der Waals surface area contributed by atoms with Gasteiger partial charge in [0.25, 0.3) is 10.0 Å². The highest BCUT2D eigenvalue weighted by molar-refractivity contribution is 7.92. The third kappa shape index (κ3) is 7.01. The van der Waals surface area contributed by atoms with Gasteiger partial charge in [0.1, 0.15) is 12.6 Å². The van der Waals surface area contributed by atoms with E-state index in [4.69, 9.17) is 0 Å². The zero-order chi connectivity index (χ0) is 27.9. The predicted octanol–water partition coefficient (Wildman–Crippen LogP) is 4.83. The number of amides is 2. The molecule has 2 amide bonds. The van der Waals surface area contributed by atoms with Crippen molar-refractivity contribution in [3.63, 3.8) is 0 Å². The standard InChI is InChI=1S/C30H37N3O4S/c1-6-24(4)31-30(35)25(5)32(20-26-13-9-7-10-14-26)29(34)21-33(28-19-22(2)17-18-23(28)3)38(36,37)27-15-11-8-12-16-27/h7-19,24-25H,6,20-21H2,1-5H3,(H,31,35)/t24-,25-/m1/s1. The van der Waals surface area contributed by atoms with Gasteiger partial charge in [0.2, 0.25) is 11.8 Å². The van der Waals surface area contributed by atoms with Crippen molar-refractivity contribution in [2.45, 2.75) is 64.6 Å². The van der Waals surface area contributed by atoms with Crippen LogP contribution in [0.3, 0.4) is 0 Å². The molecule has 0 aliphatic rings. The summed E-state index contributed by atoms with van der Waals surface area (Å²) in [7, 11) is -4.08. The van der Waals surface area contributed by atoms with Crippen LogP contribution in [0.4, 0.5) is 5.69 Å². The molecule has 0 aromatic heterocycles. The molecule has 38 heavy (non-hydrogen) atoms. The molecular formula is C30H37N3O4S. The van der Waals surface area contributed by atoms with Crippen LogP contribution < -0.4 is 9.62 Å². The molecule has 0 spiro atoms. The summed E-state index contributed by atoms with van der Waals surface area (Å²) in [6.45, 7) is 8.96. The fourth-order valence-corrected chi connectivity index (χ4v) is 5.54. The second-order valence-corrected chi connectivity index (χ2v) is 11.5. The number of hydrogen-bond donors (Lipinski definition) is 1. The largest absolute Gasteiger partial charge is 0.352 e. The van der Waals surface area contributed by atoms with Crippen molar-refractivity contribution >= 4 is 27.5 Å². The van der Waals surface area contributed by atoms with Crippen LogP contribution in [0.1, 0.15) is 43.9 Å². The zero-order valence-corrected chi connectivity index (χ0v) is 23.5. The third-order valence-electron chi connectivity index (χ3n) is 6.61. The molecule has 0 radical (unpaired) electrons. The van der Waals surface area contributed by atoms with Crippen molar-refractivity contribution in [1.29, 1.82) is 0 Å². The van der Waals surface area contributed by atoms with Crippen molar-refractivity contribution in [2.24, 2.45) is 0 Å². The molecule has 0 saturated heterocycles. The minimum atomic E-state index is -4.08. The van der Waals surface area contributed by atoms with E-state index in [-0.39, 0.29) is 23.4 Å². The SMILES string of the molecule is CC[C@@H](C)NC(=O)[C@@H](C)N(Cc1ccccc1)C(=O)CN(c1cc(C)ccc1C)S(=O)(=O)c1ccccc1. The van der Waals surface area contributed by atoms with Crippen molar-refractivity contribution in [3.8, 4) is 0 Å². The molecule has 0 aliphatic heterocycles. The number of sulfonamides is 1. The van der Waals surface area contributed by atoms with Gasteiger partial charge in [-0.25, -0.2) is 8.42 Å². The summed E-state index contributed by atoms with van der Waals surface area (Å²) < 4.78 is 28.9. The minimum Gasteiger partial charge on any atom is -0.352 e. The number of nitrogens with one attached hydrogen (secondary N) is 1. The van der Waals surface area contributed by atoms with Crippen LogP contribution in [-0.2, 0) is 26.2 Å². The lowest BCUT2D eigenvalue weighted by Crippen LogP contribution is -2.52. The van der Waals surface area contributed by atoms with Crippen LogP contribution >= 0.6 is 0 Å². The zero-order valence-electron chi connectivity index (χ0n) is 22.7. The maximum Gasteiger partial charge on any atom is 0.264 e. The number of benzene rings is 3. The van der Waals surface area contributed by atoms with Crippen LogP contribution in [0, 0.1) is 13.8 Å². The van der Waals surface area contributed by atoms with E-state index in [1.807, 2.05) is 70.2 Å². The van der Waals surface area contributed by atoms with Gasteiger partial charge in [-0.15, -0.1) is 0 Å². The second-order valence-electron chi connectivity index (χ2n) is 9.62. The van der Waals surface area contributed by atoms with Crippen LogP contribution in [0.25, 0.3) is 0 Å². The van der Waals surface area contributed by atoms with Gasteiger partial charge in [0, 0.05) is 12.6 Å². The van der Waals surface area contributed by atoms with E-state index in [2.05, 4.69) is 5.32 Å². The van der Waals surface area contributed by atoms with Gasteiger partial charge < -0.3 is 10.2 Å². The van der Waals surface area contributed by atoms with Gasteiger partial charge in [-0.3, -0.25) is 13.9 Å². The minimum absolute atomic E-state index is 0.0523. The average Bonchev–Trinajstić information content (AvgIpc) is 2.92. The lowest BCUT2D eigenvalue weighted by atomic mass is 10.1. The number of aryl methyl sites for hydroxylation is 2. The smallest absolute Gasteiger partial charge is 0.264 e. The Balaban J connectivity index is 2.04. The summed E-state index contributed by atoms with van der Waals surface area (Å²) >= 11 is 0. The predicted molar refractivity (Wildman–Crippen MR) is 151 cm³/mol. The van der Waals surface area contributed by atoms with E-state index in [0.717, 1.165) is 27.4 Å². The normalized spacial score (nSPS) is 12.9. The Morgan fingerprint density at radius 2 is 1.50 bits per heavy atom. The summed E-state index contributed by atoms with van der Waals surface area (Å²) in [5, 5.41) is 2.94. The van der Waals surface area contributed by atoms with Crippen LogP contribution in [0.2, 0.25) is 0 Å². The lowest BCUT2D eigenvalue weighted by molar-refractivity contribution is -0.139. The van der Waals surface area contributed by atoms with Gasteiger partial charge in [0.05, 0.1) is 10.6 Å². The molecule has 0 fully saturated rings. The van der Waals surface area contributed by atoms with Gasteiger partial charge in [-0.1, -0.05) is 67.6 Å². The molecule has 0 heterocycles. The first kappa shape index (κ1) is 28.9. The van der Waals surface area contributed by atoms with E-state index in [1.54, 1.807) is 31.2 Å². The fraction of sp³-hybridized carbons (Fsp3) is 0.333. The lowest BCUT2D eigenvalue weighted by Gasteiger charge is -2.33. The molecule has 0 aliphatic carbocycles. The summed E-state index contributed by atoms with van der Waals surface area (Å²) in [6, 6.07) is 22.1. The second kappa shape index (κ2) is 12.7. The van der Waals surface area contributed by atoms with E-state index < -0.39 is 28.5 Å². The highest BCUT2D eigenvalue weighted by Gasteiger charge is 2.33. The first-order valence-corrected chi connectivity index (χ1v) is 14.3. The Morgan fingerprint density at radius 3 is 2.11 bits per heavy atom. The number of anilines is 1. The van der Waals surface area contributed by atoms with E-state index in [1.165, 1.54) is 17.0 Å². The average molecular weight is 536 g/mol. The fourth-order valence-electron chi connectivity index (χ4n) is 4.05. The monoisotopic (exact) mass is 535 g/mol. The molecule has 2 atom stereocenters. The number of carbonyl (C=O) groups excluding carboxylic acids is 2. The van der Waals surface area contributed by atoms with Gasteiger partial charge in [-0.05, 0) is 69.0 Å². The summed E-state index contributed by atoms with van der Waals surface area (Å²) in [5.74, 6) is -0.756. The van der Waals surface area contributed by atoms with Crippen LogP contribution in [-0.4, -0.2) is 43.8 Å². The molecule has 202 valence electrons. The van der Waals surface area contributed by atoms with Crippen molar-refractivity contribution < 1.29 is 18.0 Å². The Kier molecular flexibility index (Phi) is 9.69. The highest BCUT2D eigenvalue weighted by atomic mass is 32.2. The number of nitrogens with zero attached hydrogens (tertiary/aromatic N) is 2. The molecule has 0 unspecified atom stereocenters. The van der Waals surface area contributed by atoms with Gasteiger partial charge in [-0.2, -0.15) is 0 Å². The van der Waals surface area contributed by atoms with Gasteiger partial charge >= 0.3 is 0 Å². The number of carbonyl (C=O) groups is 2. The maximum atomic E-state index is 13.9. The molecule has 0 bridgehead atoms. The Labute approximate surface area is 226 Å². The topological polar surface area (TPSA) is 86.8 Å². The van der Waals surface area contributed by atoms with Gasteiger partial charge in [0.15, 0.2) is 0 Å². The molecule has 7 nitrogen and oxygen atoms in total. The maximum absolute atomic E-state index is 13.9. The Bertz CT molecular complexity index is 1340. The molecule has 3 aromatic carbocycles. The van der Waals surface area contributed by atoms with Crippen molar-refractivity contribution in [1.82, 2.24) is 10.2 Å². The highest BCUT2D eigenvalue weighted by Crippen LogP contribution is 2.28. The first-order valence-electron chi connectivity index (χ1n) is 12.8. The summed E-state index contributed by atoms with van der Waals surface area (Å²) in [6.07, 6.45) is 0.751. The Hall–Kier alpha value is -3.65. The molecule has 1 N–H and O–H groups in total. The van der Waals surface area contributed by atoms with Crippen molar-refractivity contribution in [2.75, 3.05) is 10.8 Å². The first-order chi connectivity index (χ1) is 18.0. The summed E-state index contributed by atoms with van der Waals surface area (Å²) in [4.78, 5) is 28.6. The molecule has 0 saturated carbocycles. The molecule has 3 aromatic rings. The van der Waals surface area contributed by atoms with Crippen molar-refractivity contribution in [3.05, 3.63) is 95.6 Å². The van der Waals surface area contributed by atoms with Crippen LogP contribution in [0.15, 0.2) is 83.8 Å². The number of hydrogen-bond acceptors (Lipinski definition) is 4. The summed E-state index contributed by atoms with van der Waals surface area (Å²) in [5.41, 5.74) is 2.86. The third-order valence-corrected chi connectivity index (χ3v) is 8.38. The quantitative estimate of drug-likeness (QED) is 0.381. The molecular weight excluding hydrogens is 498 g/mol. The Morgan fingerprint density at radius 1 is 0.895 bits per heavy atom. The van der Waals surface area contributed by atoms with E-state index >= 15 is 0 Å². The molecule has 3 rings (SSSR count). The molecule has 8 heteroatoms. The van der Waals surface area contributed by atoms with E-state index in [9.17, 15) is 18.0 Å². The van der Waals surface area contributed by atoms with Crippen LogP contribution in [0.5, 0.6) is 0 Å². The number of rotatable bonds is 11.